The van der Waals surface area contributed by atoms with Crippen molar-refractivity contribution in [1.29, 1.82) is 0 Å². The van der Waals surface area contributed by atoms with Gasteiger partial charge in [-0.2, -0.15) is 0 Å². The standard InChI is InChI=1S/C25H30N2O2/c28-24(23-10-9-21-7-4-8-22(21)19-23)11-12-25(29)27-17-15-26(16-18-27)14-13-20-5-2-1-3-6-20/h1-3,5-6,9-10,19H,4,7-8,11-18H2. The number of aryl methyl sites for hydroxylation is 2. The molecule has 0 bridgehead atoms. The van der Waals surface area contributed by atoms with Crippen molar-refractivity contribution in [2.45, 2.75) is 38.5 Å². The molecular weight excluding hydrogens is 360 g/mol. The number of carbonyl (C=O) groups is 2. The maximum Gasteiger partial charge on any atom is 0.223 e. The molecule has 0 unspecified atom stereocenters. The molecule has 0 aromatic heterocycles. The van der Waals surface area contributed by atoms with Crippen LogP contribution in [0.3, 0.4) is 0 Å². The van der Waals surface area contributed by atoms with Gasteiger partial charge in [-0.05, 0) is 48.4 Å². The van der Waals surface area contributed by atoms with Crippen molar-refractivity contribution < 1.29 is 9.59 Å². The average Bonchev–Trinajstić information content (AvgIpc) is 3.25. The first-order valence-electron chi connectivity index (χ1n) is 10.9. The van der Waals surface area contributed by atoms with Gasteiger partial charge in [0.1, 0.15) is 0 Å². The Morgan fingerprint density at radius 2 is 1.59 bits per heavy atom. The summed E-state index contributed by atoms with van der Waals surface area (Å²) in [4.78, 5) is 29.4. The number of benzene rings is 2. The third-order valence-electron chi connectivity index (χ3n) is 6.27. The molecule has 1 amide bonds. The summed E-state index contributed by atoms with van der Waals surface area (Å²) in [7, 11) is 0. The topological polar surface area (TPSA) is 40.6 Å². The van der Waals surface area contributed by atoms with E-state index in [9.17, 15) is 9.59 Å². The fourth-order valence-corrected chi connectivity index (χ4v) is 4.42. The molecule has 4 nitrogen and oxygen atoms in total. The lowest BCUT2D eigenvalue weighted by Gasteiger charge is -2.34. The number of piperazine rings is 1. The minimum Gasteiger partial charge on any atom is -0.340 e. The number of rotatable bonds is 7. The van der Waals surface area contributed by atoms with Crippen molar-refractivity contribution in [2.24, 2.45) is 0 Å². The summed E-state index contributed by atoms with van der Waals surface area (Å²) in [5.74, 6) is 0.205. The highest BCUT2D eigenvalue weighted by atomic mass is 16.2. The average molecular weight is 391 g/mol. The van der Waals surface area contributed by atoms with E-state index in [1.165, 1.54) is 23.1 Å². The zero-order chi connectivity index (χ0) is 20.1. The van der Waals surface area contributed by atoms with Crippen LogP contribution in [0.4, 0.5) is 0 Å². The number of amides is 1. The van der Waals surface area contributed by atoms with Crippen LogP contribution in [0.2, 0.25) is 0 Å². The first-order chi connectivity index (χ1) is 14.2. The van der Waals surface area contributed by atoms with E-state index < -0.39 is 0 Å². The largest absolute Gasteiger partial charge is 0.340 e. The van der Waals surface area contributed by atoms with Crippen molar-refractivity contribution >= 4 is 11.7 Å². The van der Waals surface area contributed by atoms with Crippen molar-refractivity contribution in [1.82, 2.24) is 9.80 Å². The molecule has 0 atom stereocenters. The summed E-state index contributed by atoms with van der Waals surface area (Å²) < 4.78 is 0. The Hall–Kier alpha value is -2.46. The molecule has 4 heteroatoms. The van der Waals surface area contributed by atoms with Crippen LogP contribution in [0.1, 0.15) is 46.3 Å². The number of carbonyl (C=O) groups excluding carboxylic acids is 2. The molecule has 1 heterocycles. The Morgan fingerprint density at radius 1 is 0.828 bits per heavy atom. The van der Waals surface area contributed by atoms with Crippen molar-refractivity contribution in [3.8, 4) is 0 Å². The molecule has 1 aliphatic carbocycles. The van der Waals surface area contributed by atoms with Gasteiger partial charge in [0.15, 0.2) is 5.78 Å². The maximum atomic E-state index is 12.6. The molecule has 29 heavy (non-hydrogen) atoms. The predicted molar refractivity (Wildman–Crippen MR) is 115 cm³/mol. The van der Waals surface area contributed by atoms with Gasteiger partial charge in [0, 0.05) is 51.1 Å². The van der Waals surface area contributed by atoms with Crippen molar-refractivity contribution in [3.05, 3.63) is 70.8 Å². The second kappa shape index (κ2) is 9.36. The van der Waals surface area contributed by atoms with Crippen molar-refractivity contribution in [2.75, 3.05) is 32.7 Å². The summed E-state index contributed by atoms with van der Waals surface area (Å²) in [5.41, 5.74) is 4.82. The van der Waals surface area contributed by atoms with Gasteiger partial charge in [0.25, 0.3) is 0 Å². The Kier molecular flexibility index (Phi) is 6.40. The number of ketones is 1. The Bertz CT molecular complexity index is 854. The quantitative estimate of drug-likeness (QED) is 0.679. The predicted octanol–water partition coefficient (Wildman–Crippen LogP) is 3.53. The number of Topliss-reactive ketones (excluding diaryl/α,β-unsaturated/α-hetero) is 1. The number of nitrogens with zero attached hydrogens (tertiary/aromatic N) is 2. The fraction of sp³-hybridized carbons (Fsp3) is 0.440. The summed E-state index contributed by atoms with van der Waals surface area (Å²) in [6, 6.07) is 16.6. The molecule has 1 saturated heterocycles. The van der Waals surface area contributed by atoms with Crippen LogP contribution in [0.25, 0.3) is 0 Å². The first kappa shape index (κ1) is 19.8. The highest BCUT2D eigenvalue weighted by Gasteiger charge is 2.22. The minimum atomic E-state index is 0.0922. The van der Waals surface area contributed by atoms with E-state index in [0.29, 0.717) is 12.8 Å². The molecule has 2 aromatic carbocycles. The Labute approximate surface area is 173 Å². The van der Waals surface area contributed by atoms with Crippen LogP contribution in [-0.4, -0.2) is 54.2 Å². The summed E-state index contributed by atoms with van der Waals surface area (Å²) in [5, 5.41) is 0. The van der Waals surface area contributed by atoms with Gasteiger partial charge >= 0.3 is 0 Å². The third kappa shape index (κ3) is 5.13. The van der Waals surface area contributed by atoms with E-state index >= 15 is 0 Å². The van der Waals surface area contributed by atoms with Crippen molar-refractivity contribution in [3.63, 3.8) is 0 Å². The fourth-order valence-electron chi connectivity index (χ4n) is 4.42. The van der Waals surface area contributed by atoms with E-state index in [1.807, 2.05) is 23.1 Å². The normalized spacial score (nSPS) is 16.6. The number of hydrogen-bond acceptors (Lipinski definition) is 3. The van der Waals surface area contributed by atoms with Crippen LogP contribution < -0.4 is 0 Å². The van der Waals surface area contributed by atoms with Crippen LogP contribution in [0.5, 0.6) is 0 Å². The molecular formula is C25H30N2O2. The molecule has 0 saturated carbocycles. The van der Waals surface area contributed by atoms with E-state index in [2.05, 4.69) is 35.2 Å². The van der Waals surface area contributed by atoms with Gasteiger partial charge in [-0.25, -0.2) is 0 Å². The van der Waals surface area contributed by atoms with Gasteiger partial charge < -0.3 is 4.90 Å². The van der Waals surface area contributed by atoms with Gasteiger partial charge in [0.05, 0.1) is 0 Å². The van der Waals surface area contributed by atoms with E-state index in [4.69, 9.17) is 0 Å². The SMILES string of the molecule is O=C(CCC(=O)N1CCN(CCc2ccccc2)CC1)c1ccc2c(c1)CCC2. The van der Waals surface area contributed by atoms with E-state index in [1.54, 1.807) is 0 Å². The molecule has 0 radical (unpaired) electrons. The first-order valence-corrected chi connectivity index (χ1v) is 10.9. The van der Waals surface area contributed by atoms with Crippen LogP contribution in [-0.2, 0) is 24.1 Å². The van der Waals surface area contributed by atoms with Crippen LogP contribution in [0.15, 0.2) is 48.5 Å². The molecule has 1 fully saturated rings. The lowest BCUT2D eigenvalue weighted by Crippen LogP contribution is -2.49. The van der Waals surface area contributed by atoms with Gasteiger partial charge in [0.2, 0.25) is 5.91 Å². The number of fused-ring (bicyclic) bond motifs is 1. The maximum absolute atomic E-state index is 12.6. The minimum absolute atomic E-state index is 0.0922. The van der Waals surface area contributed by atoms with E-state index in [-0.39, 0.29) is 11.7 Å². The second-order valence-corrected chi connectivity index (χ2v) is 8.22. The smallest absolute Gasteiger partial charge is 0.223 e. The van der Waals surface area contributed by atoms with Crippen LogP contribution in [0, 0.1) is 0 Å². The highest BCUT2D eigenvalue weighted by molar-refractivity contribution is 5.98. The zero-order valence-electron chi connectivity index (χ0n) is 17.1. The summed E-state index contributed by atoms with van der Waals surface area (Å²) in [6.45, 7) is 4.39. The second-order valence-electron chi connectivity index (χ2n) is 8.22. The molecule has 2 aromatic rings. The van der Waals surface area contributed by atoms with E-state index in [0.717, 1.165) is 57.5 Å². The molecule has 0 spiro atoms. The third-order valence-corrected chi connectivity index (χ3v) is 6.27. The Morgan fingerprint density at radius 3 is 2.38 bits per heavy atom. The Balaban J connectivity index is 1.19. The lowest BCUT2D eigenvalue weighted by molar-refractivity contribution is -0.132. The highest BCUT2D eigenvalue weighted by Crippen LogP contribution is 2.23. The van der Waals surface area contributed by atoms with Gasteiger partial charge in [-0.1, -0.05) is 42.5 Å². The zero-order valence-corrected chi connectivity index (χ0v) is 17.1. The monoisotopic (exact) mass is 390 g/mol. The van der Waals surface area contributed by atoms with Gasteiger partial charge in [-0.15, -0.1) is 0 Å². The van der Waals surface area contributed by atoms with Gasteiger partial charge in [-0.3, -0.25) is 14.5 Å². The molecule has 1 aliphatic heterocycles. The van der Waals surface area contributed by atoms with Crippen LogP contribution >= 0.6 is 0 Å². The summed E-state index contributed by atoms with van der Waals surface area (Å²) >= 11 is 0. The molecule has 4 rings (SSSR count). The number of hydrogen-bond donors (Lipinski definition) is 0. The lowest BCUT2D eigenvalue weighted by atomic mass is 10.0. The summed E-state index contributed by atoms with van der Waals surface area (Å²) in [6.07, 6.45) is 5.06. The molecule has 152 valence electrons. The molecule has 2 aliphatic rings. The molecule has 0 N–H and O–H groups in total.